The predicted octanol–water partition coefficient (Wildman–Crippen LogP) is 2.52. The Hall–Kier alpha value is -1.75. The standard InChI is InChI=1S/C17H25N3O2/c1-13-6-9-19(10-7-13)15-4-2-14(3-5-15)18-17(22)20-11-8-16(21)12-20/h2-5,13,16,21H,6-12H2,1H3,(H,18,22)/t16-/m1/s1. The smallest absolute Gasteiger partial charge is 0.321 e. The summed E-state index contributed by atoms with van der Waals surface area (Å²) in [6, 6.07) is 7.93. The molecule has 5 heteroatoms. The Morgan fingerprint density at radius 3 is 2.41 bits per heavy atom. The van der Waals surface area contributed by atoms with Crippen LogP contribution >= 0.6 is 0 Å². The van der Waals surface area contributed by atoms with E-state index in [4.69, 9.17) is 0 Å². The summed E-state index contributed by atoms with van der Waals surface area (Å²) in [5.74, 6) is 0.825. The number of piperidine rings is 1. The zero-order chi connectivity index (χ0) is 15.5. The molecule has 0 bridgehead atoms. The van der Waals surface area contributed by atoms with E-state index in [-0.39, 0.29) is 12.1 Å². The van der Waals surface area contributed by atoms with Crippen LogP contribution in [0.3, 0.4) is 0 Å². The van der Waals surface area contributed by atoms with E-state index >= 15 is 0 Å². The summed E-state index contributed by atoms with van der Waals surface area (Å²) in [7, 11) is 0. The summed E-state index contributed by atoms with van der Waals surface area (Å²) in [5, 5.41) is 12.4. The van der Waals surface area contributed by atoms with E-state index in [1.54, 1.807) is 4.90 Å². The van der Waals surface area contributed by atoms with Gasteiger partial charge in [0.2, 0.25) is 0 Å². The van der Waals surface area contributed by atoms with Gasteiger partial charge in [0.25, 0.3) is 0 Å². The molecule has 0 aromatic heterocycles. The number of anilines is 2. The van der Waals surface area contributed by atoms with Crippen molar-refractivity contribution in [2.75, 3.05) is 36.4 Å². The van der Waals surface area contributed by atoms with Crippen molar-refractivity contribution in [3.63, 3.8) is 0 Å². The molecule has 1 aromatic rings. The Morgan fingerprint density at radius 2 is 1.82 bits per heavy atom. The Kier molecular flexibility index (Phi) is 4.52. The van der Waals surface area contributed by atoms with Crippen LogP contribution in [0.2, 0.25) is 0 Å². The van der Waals surface area contributed by atoms with Crippen molar-refractivity contribution in [2.45, 2.75) is 32.3 Å². The molecule has 1 aromatic carbocycles. The van der Waals surface area contributed by atoms with Crippen LogP contribution in [0.5, 0.6) is 0 Å². The second-order valence-corrected chi connectivity index (χ2v) is 6.54. The molecular formula is C17H25N3O2. The lowest BCUT2D eigenvalue weighted by molar-refractivity contribution is 0.176. The third-order valence-corrected chi connectivity index (χ3v) is 4.72. The van der Waals surface area contributed by atoms with Gasteiger partial charge >= 0.3 is 6.03 Å². The average Bonchev–Trinajstić information content (AvgIpc) is 2.96. The minimum absolute atomic E-state index is 0.129. The molecule has 2 heterocycles. The number of benzene rings is 1. The van der Waals surface area contributed by atoms with Crippen molar-refractivity contribution >= 4 is 17.4 Å². The quantitative estimate of drug-likeness (QED) is 0.882. The number of nitrogens with zero attached hydrogens (tertiary/aromatic N) is 2. The van der Waals surface area contributed by atoms with Gasteiger partial charge in [-0.3, -0.25) is 0 Å². The molecule has 0 aliphatic carbocycles. The van der Waals surface area contributed by atoms with Crippen molar-refractivity contribution < 1.29 is 9.90 Å². The molecule has 2 aliphatic rings. The monoisotopic (exact) mass is 303 g/mol. The highest BCUT2D eigenvalue weighted by atomic mass is 16.3. The molecule has 2 saturated heterocycles. The van der Waals surface area contributed by atoms with E-state index in [1.165, 1.54) is 18.5 Å². The van der Waals surface area contributed by atoms with Gasteiger partial charge in [0, 0.05) is 37.6 Å². The fraction of sp³-hybridized carbons (Fsp3) is 0.588. The average molecular weight is 303 g/mol. The van der Waals surface area contributed by atoms with Crippen LogP contribution in [0.4, 0.5) is 16.2 Å². The first-order valence-corrected chi connectivity index (χ1v) is 8.21. The maximum absolute atomic E-state index is 12.1. The molecule has 2 fully saturated rings. The number of nitrogens with one attached hydrogen (secondary N) is 1. The summed E-state index contributed by atoms with van der Waals surface area (Å²) in [4.78, 5) is 16.1. The van der Waals surface area contributed by atoms with Crippen LogP contribution in [-0.2, 0) is 0 Å². The number of aliphatic hydroxyl groups excluding tert-OH is 1. The molecule has 0 spiro atoms. The Morgan fingerprint density at radius 1 is 1.14 bits per heavy atom. The topological polar surface area (TPSA) is 55.8 Å². The SMILES string of the molecule is CC1CCN(c2ccc(NC(=O)N3CC[C@@H](O)C3)cc2)CC1. The van der Waals surface area contributed by atoms with Crippen molar-refractivity contribution in [1.29, 1.82) is 0 Å². The number of amides is 2. The lowest BCUT2D eigenvalue weighted by Gasteiger charge is -2.32. The van der Waals surface area contributed by atoms with Crippen LogP contribution in [0.1, 0.15) is 26.2 Å². The van der Waals surface area contributed by atoms with Gasteiger partial charge in [0.05, 0.1) is 6.10 Å². The number of aliphatic hydroxyl groups is 1. The highest BCUT2D eigenvalue weighted by Crippen LogP contribution is 2.24. The van der Waals surface area contributed by atoms with Gasteiger partial charge in [0.1, 0.15) is 0 Å². The molecule has 3 rings (SSSR count). The van der Waals surface area contributed by atoms with Gasteiger partial charge in [-0.15, -0.1) is 0 Å². The molecule has 5 nitrogen and oxygen atoms in total. The first-order valence-electron chi connectivity index (χ1n) is 8.21. The van der Waals surface area contributed by atoms with E-state index < -0.39 is 0 Å². The Balaban J connectivity index is 1.56. The summed E-state index contributed by atoms with van der Waals surface area (Å²) < 4.78 is 0. The highest BCUT2D eigenvalue weighted by molar-refractivity contribution is 5.89. The summed E-state index contributed by atoms with van der Waals surface area (Å²) in [6.07, 6.45) is 2.78. The van der Waals surface area contributed by atoms with Gasteiger partial charge in [-0.05, 0) is 49.4 Å². The Labute approximate surface area is 131 Å². The molecule has 2 amide bonds. The maximum atomic E-state index is 12.1. The van der Waals surface area contributed by atoms with E-state index in [2.05, 4.69) is 29.3 Å². The fourth-order valence-electron chi connectivity index (χ4n) is 3.15. The zero-order valence-electron chi connectivity index (χ0n) is 13.2. The first kappa shape index (κ1) is 15.2. The number of carbonyl (C=O) groups is 1. The van der Waals surface area contributed by atoms with Crippen LogP contribution in [0.15, 0.2) is 24.3 Å². The number of rotatable bonds is 2. The second-order valence-electron chi connectivity index (χ2n) is 6.54. The Bertz CT molecular complexity index is 509. The molecular weight excluding hydrogens is 278 g/mol. The minimum Gasteiger partial charge on any atom is -0.391 e. The van der Waals surface area contributed by atoms with Crippen LogP contribution in [-0.4, -0.2) is 48.3 Å². The van der Waals surface area contributed by atoms with E-state index in [1.807, 2.05) is 12.1 Å². The van der Waals surface area contributed by atoms with E-state index in [0.29, 0.717) is 19.5 Å². The zero-order valence-corrected chi connectivity index (χ0v) is 13.2. The number of carbonyl (C=O) groups excluding carboxylic acids is 1. The summed E-state index contributed by atoms with van der Waals surface area (Å²) in [6.45, 7) is 5.58. The molecule has 22 heavy (non-hydrogen) atoms. The number of β-amino-alcohol motifs (C(OH)–C–C–N with tert-alkyl or cyclic N) is 1. The van der Waals surface area contributed by atoms with Gasteiger partial charge < -0.3 is 20.2 Å². The number of urea groups is 1. The van der Waals surface area contributed by atoms with Crippen LogP contribution in [0, 0.1) is 5.92 Å². The lowest BCUT2D eigenvalue weighted by atomic mass is 9.99. The highest BCUT2D eigenvalue weighted by Gasteiger charge is 2.24. The molecule has 0 unspecified atom stereocenters. The predicted molar refractivity (Wildman–Crippen MR) is 88.3 cm³/mol. The molecule has 0 radical (unpaired) electrons. The fourth-order valence-corrected chi connectivity index (χ4v) is 3.15. The molecule has 2 N–H and O–H groups in total. The maximum Gasteiger partial charge on any atom is 0.321 e. The van der Waals surface area contributed by atoms with Crippen molar-refractivity contribution in [1.82, 2.24) is 4.90 Å². The largest absolute Gasteiger partial charge is 0.391 e. The lowest BCUT2D eigenvalue weighted by Crippen LogP contribution is -2.34. The summed E-state index contributed by atoms with van der Waals surface area (Å²) >= 11 is 0. The van der Waals surface area contributed by atoms with Gasteiger partial charge in [-0.25, -0.2) is 4.79 Å². The van der Waals surface area contributed by atoms with Crippen molar-refractivity contribution in [3.05, 3.63) is 24.3 Å². The third-order valence-electron chi connectivity index (χ3n) is 4.72. The molecule has 120 valence electrons. The van der Waals surface area contributed by atoms with Gasteiger partial charge in [-0.1, -0.05) is 6.92 Å². The normalized spacial score (nSPS) is 22.9. The first-order chi connectivity index (χ1) is 10.6. The summed E-state index contributed by atoms with van der Waals surface area (Å²) in [5.41, 5.74) is 2.03. The number of hydrogen-bond donors (Lipinski definition) is 2. The molecule has 0 saturated carbocycles. The van der Waals surface area contributed by atoms with Crippen LogP contribution in [0.25, 0.3) is 0 Å². The number of likely N-dealkylation sites (tertiary alicyclic amines) is 1. The van der Waals surface area contributed by atoms with E-state index in [9.17, 15) is 9.90 Å². The minimum atomic E-state index is -0.380. The van der Waals surface area contributed by atoms with Gasteiger partial charge in [-0.2, -0.15) is 0 Å². The van der Waals surface area contributed by atoms with Gasteiger partial charge in [0.15, 0.2) is 0 Å². The van der Waals surface area contributed by atoms with Crippen molar-refractivity contribution in [3.8, 4) is 0 Å². The second kappa shape index (κ2) is 6.57. The number of hydrogen-bond acceptors (Lipinski definition) is 3. The van der Waals surface area contributed by atoms with Crippen molar-refractivity contribution in [2.24, 2.45) is 5.92 Å². The van der Waals surface area contributed by atoms with E-state index in [0.717, 1.165) is 24.7 Å². The molecule has 2 aliphatic heterocycles. The molecule has 1 atom stereocenters. The third kappa shape index (κ3) is 3.53. The van der Waals surface area contributed by atoms with Crippen LogP contribution < -0.4 is 10.2 Å².